The monoisotopic (exact) mass is 361 g/mol. The van der Waals surface area contributed by atoms with Crippen molar-refractivity contribution in [1.82, 2.24) is 9.97 Å². The number of anilines is 2. The van der Waals surface area contributed by atoms with E-state index in [1.165, 1.54) is 25.3 Å². The topological polar surface area (TPSA) is 67.0 Å². The molecular formula is C18H14F3N3O2. The van der Waals surface area contributed by atoms with E-state index in [4.69, 9.17) is 4.74 Å². The van der Waals surface area contributed by atoms with Crippen LogP contribution < -0.4 is 15.6 Å². The zero-order valence-electron chi connectivity index (χ0n) is 13.6. The molecule has 0 unspecified atom stereocenters. The Kier molecular flexibility index (Phi) is 4.66. The van der Waals surface area contributed by atoms with E-state index in [2.05, 4.69) is 15.3 Å². The van der Waals surface area contributed by atoms with Gasteiger partial charge in [-0.25, -0.2) is 4.98 Å². The fourth-order valence-corrected chi connectivity index (χ4v) is 2.34. The Labute approximate surface area is 146 Å². The molecule has 8 heteroatoms. The van der Waals surface area contributed by atoms with Crippen LogP contribution in [0.3, 0.4) is 0 Å². The largest absolute Gasteiger partial charge is 0.497 e. The number of H-pyrrole nitrogens is 1. The van der Waals surface area contributed by atoms with Gasteiger partial charge < -0.3 is 10.1 Å². The Morgan fingerprint density at radius 2 is 1.81 bits per heavy atom. The van der Waals surface area contributed by atoms with Crippen LogP contribution >= 0.6 is 0 Å². The standard InChI is InChI=1S/C18H14F3N3O2/c1-26-14-7-5-11(6-8-14)15-10-16(25)24-17(23-15)22-13-4-2-3-12(9-13)18(19,20)21/h2-10H,1H3,(H2,22,23,24,25). The van der Waals surface area contributed by atoms with Crippen molar-refractivity contribution in [3.05, 3.63) is 70.5 Å². The van der Waals surface area contributed by atoms with Gasteiger partial charge in [0.05, 0.1) is 18.4 Å². The average Bonchev–Trinajstić information content (AvgIpc) is 2.61. The lowest BCUT2D eigenvalue weighted by atomic mass is 10.1. The molecule has 0 aliphatic rings. The first kappa shape index (κ1) is 17.5. The van der Waals surface area contributed by atoms with Crippen LogP contribution in [0.5, 0.6) is 5.75 Å². The molecule has 0 bridgehead atoms. The lowest BCUT2D eigenvalue weighted by Gasteiger charge is -2.11. The molecule has 26 heavy (non-hydrogen) atoms. The molecule has 0 saturated carbocycles. The van der Waals surface area contributed by atoms with E-state index >= 15 is 0 Å². The summed E-state index contributed by atoms with van der Waals surface area (Å²) in [5.41, 5.74) is -0.0128. The van der Waals surface area contributed by atoms with Crippen molar-refractivity contribution in [1.29, 1.82) is 0 Å². The molecular weight excluding hydrogens is 347 g/mol. The second-order valence-corrected chi connectivity index (χ2v) is 5.41. The highest BCUT2D eigenvalue weighted by Gasteiger charge is 2.30. The third kappa shape index (κ3) is 4.02. The summed E-state index contributed by atoms with van der Waals surface area (Å²) >= 11 is 0. The Balaban J connectivity index is 1.92. The van der Waals surface area contributed by atoms with Gasteiger partial charge in [0, 0.05) is 17.3 Å². The van der Waals surface area contributed by atoms with E-state index in [1.807, 2.05) is 0 Å². The van der Waals surface area contributed by atoms with Crippen molar-refractivity contribution >= 4 is 11.6 Å². The molecule has 0 aliphatic carbocycles. The molecule has 0 radical (unpaired) electrons. The number of nitrogens with one attached hydrogen (secondary N) is 2. The molecule has 0 fully saturated rings. The zero-order valence-corrected chi connectivity index (χ0v) is 13.6. The van der Waals surface area contributed by atoms with Gasteiger partial charge in [0.25, 0.3) is 5.56 Å². The Hall–Kier alpha value is -3.29. The molecule has 0 amide bonds. The normalized spacial score (nSPS) is 11.2. The number of nitrogens with zero attached hydrogens (tertiary/aromatic N) is 1. The number of benzene rings is 2. The Bertz CT molecular complexity index is 966. The Morgan fingerprint density at radius 3 is 2.46 bits per heavy atom. The number of aromatic amines is 1. The quantitative estimate of drug-likeness (QED) is 0.731. The molecule has 2 N–H and O–H groups in total. The van der Waals surface area contributed by atoms with Crippen molar-refractivity contribution < 1.29 is 17.9 Å². The van der Waals surface area contributed by atoms with Crippen LogP contribution in [-0.4, -0.2) is 17.1 Å². The fraction of sp³-hybridized carbons (Fsp3) is 0.111. The van der Waals surface area contributed by atoms with Gasteiger partial charge >= 0.3 is 6.18 Å². The third-order valence-electron chi connectivity index (χ3n) is 3.58. The SMILES string of the molecule is COc1ccc(-c2cc(=O)[nH]c(Nc3cccc(C(F)(F)F)c3)n2)cc1. The minimum Gasteiger partial charge on any atom is -0.497 e. The predicted octanol–water partition coefficient (Wildman–Crippen LogP) is 4.21. The summed E-state index contributed by atoms with van der Waals surface area (Å²) in [7, 11) is 1.54. The minimum absolute atomic E-state index is 0.0441. The summed E-state index contributed by atoms with van der Waals surface area (Å²) < 4.78 is 43.5. The summed E-state index contributed by atoms with van der Waals surface area (Å²) in [6.45, 7) is 0. The number of aromatic nitrogens is 2. The molecule has 2 aromatic carbocycles. The number of alkyl halides is 3. The summed E-state index contributed by atoms with van der Waals surface area (Å²) in [6, 6.07) is 12.8. The van der Waals surface area contributed by atoms with E-state index in [9.17, 15) is 18.0 Å². The minimum atomic E-state index is -4.45. The maximum Gasteiger partial charge on any atom is 0.416 e. The smallest absolute Gasteiger partial charge is 0.416 e. The second-order valence-electron chi connectivity index (χ2n) is 5.41. The van der Waals surface area contributed by atoms with Gasteiger partial charge in [-0.15, -0.1) is 0 Å². The van der Waals surface area contributed by atoms with E-state index in [1.54, 1.807) is 24.3 Å². The van der Waals surface area contributed by atoms with Crippen LogP contribution in [0.15, 0.2) is 59.4 Å². The van der Waals surface area contributed by atoms with Crippen LogP contribution in [0.2, 0.25) is 0 Å². The maximum absolute atomic E-state index is 12.8. The number of hydrogen-bond donors (Lipinski definition) is 2. The summed E-state index contributed by atoms with van der Waals surface area (Å²) in [4.78, 5) is 18.6. The first-order valence-electron chi connectivity index (χ1n) is 7.55. The average molecular weight is 361 g/mol. The first-order chi connectivity index (χ1) is 12.3. The highest BCUT2D eigenvalue weighted by Crippen LogP contribution is 2.31. The number of hydrogen-bond acceptors (Lipinski definition) is 4. The predicted molar refractivity (Wildman–Crippen MR) is 91.6 cm³/mol. The molecule has 1 aromatic heterocycles. The molecule has 0 spiro atoms. The van der Waals surface area contributed by atoms with E-state index in [0.29, 0.717) is 17.0 Å². The molecule has 0 atom stereocenters. The van der Waals surface area contributed by atoms with E-state index < -0.39 is 17.3 Å². The second kappa shape index (κ2) is 6.91. The lowest BCUT2D eigenvalue weighted by molar-refractivity contribution is -0.137. The van der Waals surface area contributed by atoms with Crippen LogP contribution in [0.1, 0.15) is 5.56 Å². The third-order valence-corrected chi connectivity index (χ3v) is 3.58. The van der Waals surface area contributed by atoms with Crippen molar-refractivity contribution in [2.75, 3.05) is 12.4 Å². The maximum atomic E-state index is 12.8. The molecule has 5 nitrogen and oxygen atoms in total. The number of halogens is 3. The molecule has 3 aromatic rings. The highest BCUT2D eigenvalue weighted by atomic mass is 19.4. The molecule has 0 aliphatic heterocycles. The van der Waals surface area contributed by atoms with Crippen LogP contribution in [0, 0.1) is 0 Å². The molecule has 134 valence electrons. The van der Waals surface area contributed by atoms with Crippen molar-refractivity contribution in [3.63, 3.8) is 0 Å². The molecule has 3 rings (SSSR count). The van der Waals surface area contributed by atoms with Gasteiger partial charge in [-0.1, -0.05) is 6.07 Å². The van der Waals surface area contributed by atoms with Gasteiger partial charge in [0.1, 0.15) is 5.75 Å². The lowest BCUT2D eigenvalue weighted by Crippen LogP contribution is -2.11. The molecule has 0 saturated heterocycles. The van der Waals surface area contributed by atoms with Crippen LogP contribution in [0.25, 0.3) is 11.3 Å². The van der Waals surface area contributed by atoms with Gasteiger partial charge in [-0.3, -0.25) is 9.78 Å². The van der Waals surface area contributed by atoms with Gasteiger partial charge in [-0.05, 0) is 42.5 Å². The first-order valence-corrected chi connectivity index (χ1v) is 7.55. The summed E-state index contributed by atoms with van der Waals surface area (Å²) in [5, 5.41) is 2.70. The summed E-state index contributed by atoms with van der Waals surface area (Å²) in [6.07, 6.45) is -4.45. The fourth-order valence-electron chi connectivity index (χ4n) is 2.34. The van der Waals surface area contributed by atoms with E-state index in [-0.39, 0.29) is 11.6 Å². The van der Waals surface area contributed by atoms with Gasteiger partial charge in [-0.2, -0.15) is 13.2 Å². The summed E-state index contributed by atoms with van der Waals surface area (Å²) in [5.74, 6) is 0.698. The van der Waals surface area contributed by atoms with Crippen molar-refractivity contribution in [2.24, 2.45) is 0 Å². The van der Waals surface area contributed by atoms with Crippen LogP contribution in [0.4, 0.5) is 24.8 Å². The highest BCUT2D eigenvalue weighted by molar-refractivity contribution is 5.63. The zero-order chi connectivity index (χ0) is 18.7. The number of rotatable bonds is 4. The number of methoxy groups -OCH3 is 1. The van der Waals surface area contributed by atoms with Crippen molar-refractivity contribution in [3.8, 4) is 17.0 Å². The Morgan fingerprint density at radius 1 is 1.08 bits per heavy atom. The van der Waals surface area contributed by atoms with Gasteiger partial charge in [0.15, 0.2) is 0 Å². The van der Waals surface area contributed by atoms with Crippen molar-refractivity contribution in [2.45, 2.75) is 6.18 Å². The van der Waals surface area contributed by atoms with E-state index in [0.717, 1.165) is 12.1 Å². The van der Waals surface area contributed by atoms with Crippen LogP contribution in [-0.2, 0) is 6.18 Å². The number of ether oxygens (including phenoxy) is 1. The van der Waals surface area contributed by atoms with Gasteiger partial charge in [0.2, 0.25) is 5.95 Å². The molecule has 1 heterocycles.